The summed E-state index contributed by atoms with van der Waals surface area (Å²) in [4.78, 5) is 38.0. The number of carboxylic acid groups (broad SMARTS) is 1. The fraction of sp³-hybridized carbons (Fsp3) is 0.423. The molecule has 2 aromatic carbocycles. The van der Waals surface area contributed by atoms with Crippen LogP contribution in [0.2, 0.25) is 0 Å². The van der Waals surface area contributed by atoms with E-state index >= 15 is 0 Å². The summed E-state index contributed by atoms with van der Waals surface area (Å²) in [5.41, 5.74) is 4.70. The van der Waals surface area contributed by atoms with Crippen molar-refractivity contribution in [1.82, 2.24) is 10.2 Å². The van der Waals surface area contributed by atoms with Gasteiger partial charge in [0.25, 0.3) is 0 Å². The van der Waals surface area contributed by atoms with Gasteiger partial charge in [0.2, 0.25) is 5.91 Å². The highest BCUT2D eigenvalue weighted by Crippen LogP contribution is 2.44. The largest absolute Gasteiger partial charge is 0.481 e. The Morgan fingerprint density at radius 2 is 1.70 bits per heavy atom. The number of nitrogens with zero attached hydrogens (tertiary/aromatic N) is 1. The predicted molar refractivity (Wildman–Crippen MR) is 122 cm³/mol. The van der Waals surface area contributed by atoms with Crippen LogP contribution in [0.3, 0.4) is 0 Å². The summed E-state index contributed by atoms with van der Waals surface area (Å²) in [6.07, 6.45) is 1.59. The maximum Gasteiger partial charge on any atom is 0.407 e. The number of carbonyl (C=O) groups excluding carboxylic acids is 2. The fourth-order valence-corrected chi connectivity index (χ4v) is 5.25. The van der Waals surface area contributed by atoms with Crippen molar-refractivity contribution in [2.75, 3.05) is 26.2 Å². The molecule has 2 aromatic rings. The van der Waals surface area contributed by atoms with Crippen molar-refractivity contribution in [2.45, 2.75) is 25.2 Å². The van der Waals surface area contributed by atoms with Crippen molar-refractivity contribution in [3.8, 4) is 11.1 Å². The number of hydrogen-bond donors (Lipinski definition) is 2. The number of amides is 2. The highest BCUT2D eigenvalue weighted by Gasteiger charge is 2.46. The highest BCUT2D eigenvalue weighted by atomic mass is 16.5. The van der Waals surface area contributed by atoms with Crippen LogP contribution in [0.5, 0.6) is 0 Å². The van der Waals surface area contributed by atoms with Gasteiger partial charge in [-0.25, -0.2) is 4.79 Å². The number of carbonyl (C=O) groups is 3. The molecule has 7 nitrogen and oxygen atoms in total. The van der Waals surface area contributed by atoms with Crippen molar-refractivity contribution in [1.29, 1.82) is 0 Å². The van der Waals surface area contributed by atoms with Gasteiger partial charge in [-0.2, -0.15) is 0 Å². The zero-order valence-electron chi connectivity index (χ0n) is 18.4. The third-order valence-electron chi connectivity index (χ3n) is 7.17. The third kappa shape index (κ3) is 4.32. The molecule has 0 radical (unpaired) electrons. The number of nitrogens with one attached hydrogen (secondary N) is 1. The summed E-state index contributed by atoms with van der Waals surface area (Å²) in [6, 6.07) is 16.4. The van der Waals surface area contributed by atoms with E-state index in [-0.39, 0.29) is 36.8 Å². The maximum absolute atomic E-state index is 12.7. The summed E-state index contributed by atoms with van der Waals surface area (Å²) in [7, 11) is 0. The lowest BCUT2D eigenvalue weighted by Gasteiger charge is -2.31. The number of rotatable bonds is 6. The maximum atomic E-state index is 12.7. The van der Waals surface area contributed by atoms with E-state index in [9.17, 15) is 19.5 Å². The minimum absolute atomic E-state index is 0.0136. The lowest BCUT2D eigenvalue weighted by atomic mass is 9.98. The first-order chi connectivity index (χ1) is 16.0. The number of benzene rings is 2. The molecule has 33 heavy (non-hydrogen) atoms. The van der Waals surface area contributed by atoms with E-state index in [1.165, 1.54) is 22.3 Å². The van der Waals surface area contributed by atoms with Gasteiger partial charge in [0.15, 0.2) is 0 Å². The van der Waals surface area contributed by atoms with E-state index in [2.05, 4.69) is 29.6 Å². The van der Waals surface area contributed by atoms with Crippen LogP contribution in [0.4, 0.5) is 4.79 Å². The second-order valence-electron chi connectivity index (χ2n) is 9.27. The van der Waals surface area contributed by atoms with Gasteiger partial charge in [0.1, 0.15) is 6.61 Å². The SMILES string of the molecule is O=C(NCC1CC1C(=O)N1CCCC(C(=O)O)C1)OCC1c2ccccc2-c2ccccc21. The number of ether oxygens (including phenoxy) is 1. The lowest BCUT2D eigenvalue weighted by molar-refractivity contribution is -0.146. The molecule has 0 aromatic heterocycles. The molecule has 1 aliphatic heterocycles. The Labute approximate surface area is 192 Å². The van der Waals surface area contributed by atoms with Crippen molar-refractivity contribution in [3.63, 3.8) is 0 Å². The topological polar surface area (TPSA) is 95.9 Å². The molecule has 1 saturated heterocycles. The summed E-state index contributed by atoms with van der Waals surface area (Å²) >= 11 is 0. The van der Waals surface area contributed by atoms with Gasteiger partial charge in [-0.05, 0) is 47.4 Å². The number of hydrogen-bond acceptors (Lipinski definition) is 4. The smallest absolute Gasteiger partial charge is 0.407 e. The van der Waals surface area contributed by atoms with Crippen LogP contribution in [0, 0.1) is 17.8 Å². The zero-order valence-corrected chi connectivity index (χ0v) is 18.4. The number of aliphatic carboxylic acids is 1. The predicted octanol–water partition coefficient (Wildman–Crippen LogP) is 3.48. The van der Waals surface area contributed by atoms with Gasteiger partial charge in [0, 0.05) is 31.5 Å². The van der Waals surface area contributed by atoms with Crippen LogP contribution in [-0.4, -0.2) is 54.2 Å². The quantitative estimate of drug-likeness (QED) is 0.705. The van der Waals surface area contributed by atoms with E-state index < -0.39 is 18.0 Å². The monoisotopic (exact) mass is 448 g/mol. The molecule has 3 aliphatic rings. The molecule has 0 bridgehead atoms. The standard InChI is InChI=1S/C26H28N2O5/c29-24(28-11-5-6-16(14-28)25(30)31)22-12-17(22)13-27-26(32)33-15-23-20-9-3-1-7-18(20)19-8-2-4-10-21(19)23/h1-4,7-10,16-17,22-23H,5-6,11-15H2,(H,27,32)(H,30,31). The van der Waals surface area contributed by atoms with Gasteiger partial charge in [-0.3, -0.25) is 9.59 Å². The third-order valence-corrected chi connectivity index (χ3v) is 7.17. The number of piperidine rings is 1. The van der Waals surface area contributed by atoms with Crippen molar-refractivity contribution >= 4 is 18.0 Å². The van der Waals surface area contributed by atoms with Gasteiger partial charge >= 0.3 is 12.1 Å². The van der Waals surface area contributed by atoms with Crippen LogP contribution in [0.1, 0.15) is 36.3 Å². The van der Waals surface area contributed by atoms with E-state index in [1.54, 1.807) is 4.90 Å². The number of alkyl carbamates (subject to hydrolysis) is 1. The number of carboxylic acids is 1. The summed E-state index contributed by atoms with van der Waals surface area (Å²) in [5, 5.41) is 12.0. The molecular weight excluding hydrogens is 420 g/mol. The molecule has 7 heteroatoms. The van der Waals surface area contributed by atoms with Crippen molar-refractivity contribution in [2.24, 2.45) is 17.8 Å². The van der Waals surface area contributed by atoms with Gasteiger partial charge < -0.3 is 20.1 Å². The summed E-state index contributed by atoms with van der Waals surface area (Å²) in [6.45, 7) is 1.56. The van der Waals surface area contributed by atoms with Crippen LogP contribution >= 0.6 is 0 Å². The molecule has 2 aliphatic carbocycles. The van der Waals surface area contributed by atoms with Crippen LogP contribution in [0.25, 0.3) is 11.1 Å². The number of fused-ring (bicyclic) bond motifs is 3. The second kappa shape index (κ2) is 8.89. The second-order valence-corrected chi connectivity index (χ2v) is 9.27. The molecule has 2 amide bonds. The molecule has 2 fully saturated rings. The van der Waals surface area contributed by atoms with Crippen molar-refractivity contribution in [3.05, 3.63) is 59.7 Å². The number of likely N-dealkylation sites (tertiary alicyclic amines) is 1. The highest BCUT2D eigenvalue weighted by molar-refractivity contribution is 5.83. The first-order valence-corrected chi connectivity index (χ1v) is 11.6. The van der Waals surface area contributed by atoms with E-state index in [1.807, 2.05) is 24.3 Å². The van der Waals surface area contributed by atoms with E-state index in [4.69, 9.17) is 4.74 Å². The molecule has 0 spiro atoms. The Hall–Kier alpha value is -3.35. The Balaban J connectivity index is 1.10. The Morgan fingerprint density at radius 3 is 2.36 bits per heavy atom. The molecule has 2 N–H and O–H groups in total. The Kier molecular flexibility index (Phi) is 5.79. The minimum atomic E-state index is -0.836. The van der Waals surface area contributed by atoms with Crippen LogP contribution < -0.4 is 5.32 Å². The molecule has 1 heterocycles. The first-order valence-electron chi connectivity index (χ1n) is 11.6. The summed E-state index contributed by atoms with van der Waals surface area (Å²) in [5.74, 6) is -1.33. The Bertz CT molecular complexity index is 1040. The van der Waals surface area contributed by atoms with Crippen LogP contribution in [-0.2, 0) is 14.3 Å². The average Bonchev–Trinajstić information content (AvgIpc) is 3.56. The lowest BCUT2D eigenvalue weighted by Crippen LogP contribution is -2.43. The first kappa shape index (κ1) is 21.5. The molecule has 3 atom stereocenters. The average molecular weight is 449 g/mol. The molecule has 3 unspecified atom stereocenters. The fourth-order valence-electron chi connectivity index (χ4n) is 5.25. The van der Waals surface area contributed by atoms with E-state index in [0.29, 0.717) is 19.5 Å². The van der Waals surface area contributed by atoms with Crippen LogP contribution in [0.15, 0.2) is 48.5 Å². The minimum Gasteiger partial charge on any atom is -0.481 e. The van der Waals surface area contributed by atoms with Gasteiger partial charge in [-0.15, -0.1) is 0 Å². The summed E-state index contributed by atoms with van der Waals surface area (Å²) < 4.78 is 5.56. The van der Waals surface area contributed by atoms with E-state index in [0.717, 1.165) is 12.8 Å². The Morgan fingerprint density at radius 1 is 1.03 bits per heavy atom. The molecular formula is C26H28N2O5. The molecule has 5 rings (SSSR count). The van der Waals surface area contributed by atoms with Gasteiger partial charge in [-0.1, -0.05) is 48.5 Å². The molecule has 172 valence electrons. The zero-order chi connectivity index (χ0) is 22.9. The van der Waals surface area contributed by atoms with Gasteiger partial charge in [0.05, 0.1) is 5.92 Å². The van der Waals surface area contributed by atoms with Crippen molar-refractivity contribution < 1.29 is 24.2 Å². The normalized spacial score (nSPS) is 23.4. The molecule has 1 saturated carbocycles.